The zero-order valence-electron chi connectivity index (χ0n) is 19.5. The summed E-state index contributed by atoms with van der Waals surface area (Å²) in [4.78, 5) is 39.3. The van der Waals surface area contributed by atoms with Crippen molar-refractivity contribution in [3.8, 4) is 0 Å². The molecule has 33 heavy (non-hydrogen) atoms. The van der Waals surface area contributed by atoms with Crippen molar-refractivity contribution in [1.29, 1.82) is 0 Å². The van der Waals surface area contributed by atoms with Gasteiger partial charge in [-0.15, -0.1) is 0 Å². The van der Waals surface area contributed by atoms with E-state index in [9.17, 15) is 9.59 Å². The van der Waals surface area contributed by atoms with Crippen LogP contribution < -0.4 is 5.56 Å². The first kappa shape index (κ1) is 21.8. The molecule has 3 aromatic rings. The van der Waals surface area contributed by atoms with E-state index >= 15 is 0 Å². The highest BCUT2D eigenvalue weighted by atomic mass is 16.2. The second-order valence-electron chi connectivity index (χ2n) is 9.50. The molecule has 1 fully saturated rings. The van der Waals surface area contributed by atoms with Crippen LogP contribution in [0.4, 0.5) is 0 Å². The first-order valence-corrected chi connectivity index (χ1v) is 12.1. The molecule has 5 heterocycles. The summed E-state index contributed by atoms with van der Waals surface area (Å²) in [5, 5.41) is 3.33. The Bertz CT molecular complexity index is 1200. The first-order valence-electron chi connectivity index (χ1n) is 12.1. The van der Waals surface area contributed by atoms with E-state index in [-0.39, 0.29) is 23.3 Å². The Hall–Kier alpha value is -3.00. The van der Waals surface area contributed by atoms with Gasteiger partial charge in [0.15, 0.2) is 5.65 Å². The van der Waals surface area contributed by atoms with Crippen molar-refractivity contribution in [2.75, 3.05) is 19.6 Å². The summed E-state index contributed by atoms with van der Waals surface area (Å²) >= 11 is 0. The molecule has 0 radical (unpaired) electrons. The van der Waals surface area contributed by atoms with Crippen LogP contribution >= 0.6 is 0 Å². The van der Waals surface area contributed by atoms with Crippen molar-refractivity contribution in [1.82, 2.24) is 29.4 Å². The average Bonchev–Trinajstić information content (AvgIpc) is 3.29. The summed E-state index contributed by atoms with van der Waals surface area (Å²) in [6, 6.07) is 6.04. The van der Waals surface area contributed by atoms with Gasteiger partial charge < -0.3 is 4.90 Å². The minimum atomic E-state index is -0.0102. The number of carbonyl (C=O) groups is 1. The zero-order valence-corrected chi connectivity index (χ0v) is 19.5. The van der Waals surface area contributed by atoms with E-state index in [0.29, 0.717) is 18.7 Å². The lowest BCUT2D eigenvalue weighted by Crippen LogP contribution is -2.41. The van der Waals surface area contributed by atoms with Crippen LogP contribution in [0.2, 0.25) is 0 Å². The molecule has 174 valence electrons. The fourth-order valence-electron chi connectivity index (χ4n) is 5.06. The topological polar surface area (TPSA) is 86.6 Å². The minimum absolute atomic E-state index is 0.0102. The summed E-state index contributed by atoms with van der Waals surface area (Å²) in [7, 11) is 0. The van der Waals surface area contributed by atoms with Crippen molar-refractivity contribution >= 4 is 11.6 Å². The van der Waals surface area contributed by atoms with Crippen LogP contribution in [0.5, 0.6) is 0 Å². The van der Waals surface area contributed by atoms with Gasteiger partial charge in [-0.05, 0) is 37.0 Å². The standard InChI is InChI=1S/C25H32N6O2/c1-3-17(2)24(32)30-11-4-5-19(15-30)22-13-23-27-21-8-12-29(14-18-6-9-26-10-7-18)16-20(21)25(33)31(23)28-22/h6-7,9-10,13,17,19,28H,3-5,8,11-12,14-16H2,1-2H3/t17-,19+/m1/s1. The van der Waals surface area contributed by atoms with Gasteiger partial charge in [0.2, 0.25) is 5.91 Å². The number of hydrogen-bond donors (Lipinski definition) is 1. The number of likely N-dealkylation sites (tertiary alicyclic amines) is 1. The number of piperidine rings is 1. The van der Waals surface area contributed by atoms with Crippen LogP contribution in [0.25, 0.3) is 5.65 Å². The van der Waals surface area contributed by atoms with Crippen molar-refractivity contribution in [2.45, 2.75) is 58.5 Å². The van der Waals surface area contributed by atoms with Crippen LogP contribution in [0.3, 0.4) is 0 Å². The van der Waals surface area contributed by atoms with Crippen LogP contribution in [0.15, 0.2) is 35.4 Å². The molecule has 0 aromatic carbocycles. The van der Waals surface area contributed by atoms with Gasteiger partial charge in [-0.3, -0.25) is 24.6 Å². The molecule has 5 rings (SSSR count). The van der Waals surface area contributed by atoms with Crippen molar-refractivity contribution in [3.05, 3.63) is 63.5 Å². The zero-order chi connectivity index (χ0) is 22.9. The van der Waals surface area contributed by atoms with Crippen molar-refractivity contribution in [3.63, 3.8) is 0 Å². The molecule has 2 atom stereocenters. The number of carbonyl (C=O) groups excluding carboxylic acids is 1. The predicted octanol–water partition coefficient (Wildman–Crippen LogP) is 2.73. The Morgan fingerprint density at radius 3 is 2.88 bits per heavy atom. The highest BCUT2D eigenvalue weighted by Crippen LogP contribution is 2.28. The summed E-state index contributed by atoms with van der Waals surface area (Å²) in [6.07, 6.45) is 7.21. The molecule has 0 unspecified atom stereocenters. The number of nitrogens with zero attached hydrogens (tertiary/aromatic N) is 5. The van der Waals surface area contributed by atoms with E-state index in [2.05, 4.69) is 21.9 Å². The lowest BCUT2D eigenvalue weighted by Gasteiger charge is -2.33. The van der Waals surface area contributed by atoms with Gasteiger partial charge in [0.05, 0.1) is 11.3 Å². The summed E-state index contributed by atoms with van der Waals surface area (Å²) in [6.45, 7) is 7.85. The average molecular weight is 449 g/mol. The molecule has 1 N–H and O–H groups in total. The van der Waals surface area contributed by atoms with Crippen LogP contribution in [0, 0.1) is 5.92 Å². The van der Waals surface area contributed by atoms with Crippen molar-refractivity contribution in [2.24, 2.45) is 5.92 Å². The fourth-order valence-corrected chi connectivity index (χ4v) is 5.06. The number of nitrogens with one attached hydrogen (secondary N) is 1. The smallest absolute Gasteiger partial charge is 0.277 e. The van der Waals surface area contributed by atoms with E-state index < -0.39 is 0 Å². The maximum absolute atomic E-state index is 13.4. The predicted molar refractivity (Wildman–Crippen MR) is 126 cm³/mol. The molecule has 1 saturated heterocycles. The number of fused-ring (bicyclic) bond motifs is 2. The number of H-pyrrole nitrogens is 1. The van der Waals surface area contributed by atoms with E-state index in [1.165, 1.54) is 5.56 Å². The fraction of sp³-hybridized carbons (Fsp3) is 0.520. The highest BCUT2D eigenvalue weighted by molar-refractivity contribution is 5.78. The maximum Gasteiger partial charge on any atom is 0.277 e. The monoisotopic (exact) mass is 448 g/mol. The molecule has 0 saturated carbocycles. The van der Waals surface area contributed by atoms with E-state index in [4.69, 9.17) is 4.98 Å². The summed E-state index contributed by atoms with van der Waals surface area (Å²) in [5.41, 5.74) is 4.55. The molecule has 0 bridgehead atoms. The Kier molecular flexibility index (Phi) is 6.01. The SMILES string of the molecule is CC[C@@H](C)C(=O)N1CCC[C@H](c2cc3nc4c(c(=O)n3[nH]2)CN(Cc2ccncc2)CC4)C1. The molecule has 2 aliphatic rings. The number of aromatic nitrogens is 4. The third-order valence-corrected chi connectivity index (χ3v) is 7.22. The highest BCUT2D eigenvalue weighted by Gasteiger charge is 2.29. The second-order valence-corrected chi connectivity index (χ2v) is 9.50. The Morgan fingerprint density at radius 1 is 1.27 bits per heavy atom. The molecular weight excluding hydrogens is 416 g/mol. The number of hydrogen-bond acceptors (Lipinski definition) is 5. The number of aromatic amines is 1. The third-order valence-electron chi connectivity index (χ3n) is 7.22. The maximum atomic E-state index is 13.4. The van der Waals surface area contributed by atoms with Crippen molar-refractivity contribution < 1.29 is 4.79 Å². The third kappa shape index (κ3) is 4.31. The minimum Gasteiger partial charge on any atom is -0.342 e. The lowest BCUT2D eigenvalue weighted by molar-refractivity contribution is -0.136. The summed E-state index contributed by atoms with van der Waals surface area (Å²) < 4.78 is 1.60. The Balaban J connectivity index is 1.38. The van der Waals surface area contributed by atoms with Gasteiger partial charge >= 0.3 is 0 Å². The quantitative estimate of drug-likeness (QED) is 0.649. The molecule has 8 nitrogen and oxygen atoms in total. The Labute approximate surface area is 193 Å². The van der Waals surface area contributed by atoms with Crippen LogP contribution in [-0.2, 0) is 24.3 Å². The van der Waals surface area contributed by atoms with E-state index in [1.54, 1.807) is 16.9 Å². The molecule has 3 aromatic heterocycles. The summed E-state index contributed by atoms with van der Waals surface area (Å²) in [5.74, 6) is 0.490. The van der Waals surface area contributed by atoms with E-state index in [0.717, 1.165) is 62.3 Å². The lowest BCUT2D eigenvalue weighted by atomic mass is 9.93. The molecule has 2 aliphatic heterocycles. The molecule has 1 amide bonds. The second kappa shape index (κ2) is 9.09. The molecule has 0 spiro atoms. The first-order chi connectivity index (χ1) is 16.0. The van der Waals surface area contributed by atoms with Gasteiger partial charge in [-0.1, -0.05) is 13.8 Å². The normalized spacial score (nSPS) is 20.1. The van der Waals surface area contributed by atoms with Gasteiger partial charge in [-0.25, -0.2) is 9.50 Å². The number of pyridine rings is 1. The van der Waals surface area contributed by atoms with Gasteiger partial charge in [0.25, 0.3) is 5.56 Å². The largest absolute Gasteiger partial charge is 0.342 e. The van der Waals surface area contributed by atoms with Crippen LogP contribution in [0.1, 0.15) is 61.5 Å². The molecule has 0 aliphatic carbocycles. The van der Waals surface area contributed by atoms with Gasteiger partial charge in [-0.2, -0.15) is 0 Å². The number of rotatable bonds is 5. The Morgan fingerprint density at radius 2 is 2.09 bits per heavy atom. The van der Waals surface area contributed by atoms with Crippen LogP contribution in [-0.4, -0.2) is 54.9 Å². The van der Waals surface area contributed by atoms with Gasteiger partial charge in [0.1, 0.15) is 0 Å². The molecule has 8 heteroatoms. The molecular formula is C25H32N6O2. The van der Waals surface area contributed by atoms with E-state index in [1.807, 2.05) is 30.0 Å². The number of amides is 1. The van der Waals surface area contributed by atoms with Gasteiger partial charge in [0, 0.05) is 75.1 Å².